The number of hydrogen-bond acceptors (Lipinski definition) is 3. The van der Waals surface area contributed by atoms with E-state index in [4.69, 9.17) is 9.47 Å². The molecule has 3 unspecified atom stereocenters. The normalized spacial score (nSPS) is 35.3. The molecule has 0 radical (unpaired) electrons. The van der Waals surface area contributed by atoms with Crippen LogP contribution >= 0.6 is 0 Å². The first-order valence-corrected chi connectivity index (χ1v) is 6.98. The Kier molecular flexibility index (Phi) is 3.81. The highest BCUT2D eigenvalue weighted by atomic mass is 16.6. The molecule has 0 spiro atoms. The van der Waals surface area contributed by atoms with Crippen molar-refractivity contribution in [3.63, 3.8) is 0 Å². The van der Waals surface area contributed by atoms with E-state index < -0.39 is 0 Å². The quantitative estimate of drug-likeness (QED) is 0.438. The summed E-state index contributed by atoms with van der Waals surface area (Å²) >= 11 is 0. The average molecular weight is 252 g/mol. The van der Waals surface area contributed by atoms with Gasteiger partial charge in [0.2, 0.25) is 0 Å². The van der Waals surface area contributed by atoms with Gasteiger partial charge in [-0.15, -0.1) is 0 Å². The van der Waals surface area contributed by atoms with E-state index in [2.05, 4.69) is 20.4 Å². The molecule has 0 N–H and O–H groups in total. The van der Waals surface area contributed by atoms with Crippen LogP contribution in [0.4, 0.5) is 0 Å². The Morgan fingerprint density at radius 2 is 2.11 bits per heavy atom. The van der Waals surface area contributed by atoms with Crippen LogP contribution in [0.3, 0.4) is 0 Å². The van der Waals surface area contributed by atoms with Crippen molar-refractivity contribution in [2.75, 3.05) is 6.61 Å². The third-order valence-electron chi connectivity index (χ3n) is 4.38. The number of ether oxygens (including phenoxy) is 2. The summed E-state index contributed by atoms with van der Waals surface area (Å²) < 4.78 is 11.4. The molecule has 1 aliphatic heterocycles. The molecule has 3 heteroatoms. The molecule has 2 aliphatic rings. The number of rotatable bonds is 4. The molecule has 2 rings (SSSR count). The molecule has 3 nitrogen and oxygen atoms in total. The minimum absolute atomic E-state index is 0.253. The number of esters is 1. The summed E-state index contributed by atoms with van der Waals surface area (Å²) in [7, 11) is 0. The van der Waals surface area contributed by atoms with Gasteiger partial charge in [-0.2, -0.15) is 0 Å². The van der Waals surface area contributed by atoms with Gasteiger partial charge in [-0.3, -0.25) is 0 Å². The number of hydrogen-bond donors (Lipinski definition) is 0. The van der Waals surface area contributed by atoms with Crippen molar-refractivity contribution in [1.29, 1.82) is 0 Å². The molecule has 0 aromatic heterocycles. The van der Waals surface area contributed by atoms with E-state index in [1.54, 1.807) is 6.92 Å². The zero-order valence-corrected chi connectivity index (χ0v) is 11.7. The molecule has 0 aromatic rings. The molecule has 2 fully saturated rings. The van der Waals surface area contributed by atoms with E-state index in [-0.39, 0.29) is 11.6 Å². The highest BCUT2D eigenvalue weighted by Crippen LogP contribution is 2.47. The van der Waals surface area contributed by atoms with Crippen LogP contribution < -0.4 is 0 Å². The lowest BCUT2D eigenvalue weighted by atomic mass is 9.68. The topological polar surface area (TPSA) is 38.8 Å². The van der Waals surface area contributed by atoms with Gasteiger partial charge < -0.3 is 9.47 Å². The number of carbonyl (C=O) groups excluding carboxylic acids is 1. The van der Waals surface area contributed by atoms with E-state index >= 15 is 0 Å². The molecule has 3 atom stereocenters. The lowest BCUT2D eigenvalue weighted by Crippen LogP contribution is -2.51. The monoisotopic (exact) mass is 252 g/mol. The van der Waals surface area contributed by atoms with E-state index in [0.29, 0.717) is 23.5 Å². The lowest BCUT2D eigenvalue weighted by molar-refractivity contribution is -0.176. The molecule has 0 amide bonds. The van der Waals surface area contributed by atoms with Gasteiger partial charge in [0, 0.05) is 11.5 Å². The molecule has 0 aromatic carbocycles. The zero-order valence-electron chi connectivity index (χ0n) is 11.7. The van der Waals surface area contributed by atoms with Crippen LogP contribution in [0.1, 0.15) is 46.5 Å². The Bertz CT molecular complexity index is 344. The number of epoxide rings is 1. The summed E-state index contributed by atoms with van der Waals surface area (Å²) in [5.41, 5.74) is 0.131. The van der Waals surface area contributed by atoms with E-state index in [1.165, 1.54) is 6.42 Å². The minimum Gasteiger partial charge on any atom is -0.455 e. The minimum atomic E-state index is -0.352. The molecule has 1 saturated carbocycles. The second kappa shape index (κ2) is 5.04. The smallest absolute Gasteiger partial charge is 0.333 e. The van der Waals surface area contributed by atoms with Gasteiger partial charge >= 0.3 is 5.97 Å². The van der Waals surface area contributed by atoms with Gasteiger partial charge in [-0.1, -0.05) is 26.8 Å². The van der Waals surface area contributed by atoms with Gasteiger partial charge in [0.05, 0.1) is 12.7 Å². The summed E-state index contributed by atoms with van der Waals surface area (Å²) in [5.74, 6) is 0.418. The molecule has 1 aliphatic carbocycles. The van der Waals surface area contributed by atoms with Crippen LogP contribution in [-0.2, 0) is 14.3 Å². The molecule has 1 heterocycles. The van der Waals surface area contributed by atoms with Gasteiger partial charge in [0.15, 0.2) is 0 Å². The van der Waals surface area contributed by atoms with Gasteiger partial charge in [0.25, 0.3) is 0 Å². The van der Waals surface area contributed by atoms with Crippen LogP contribution in [0.15, 0.2) is 12.2 Å². The highest BCUT2D eigenvalue weighted by Gasteiger charge is 2.53. The average Bonchev–Trinajstić information content (AvgIpc) is 3.13. The van der Waals surface area contributed by atoms with Crippen LogP contribution in [0.2, 0.25) is 0 Å². The van der Waals surface area contributed by atoms with Gasteiger partial charge in [-0.05, 0) is 32.1 Å². The SMILES string of the molecule is C=C(C)C(=O)OC1(C(C)C)CCCCC1C1CO1. The standard InChI is InChI=1S/C15H24O3/c1-10(2)14(16)18-15(11(3)4)8-6-5-7-12(15)13-9-17-13/h11-13H,1,5-9H2,2-4H3. The first-order chi connectivity index (χ1) is 8.47. The number of carbonyl (C=O) groups is 1. The van der Waals surface area contributed by atoms with Crippen molar-refractivity contribution in [3.05, 3.63) is 12.2 Å². The molecule has 0 bridgehead atoms. The van der Waals surface area contributed by atoms with E-state index in [9.17, 15) is 4.79 Å². The fourth-order valence-electron chi connectivity index (χ4n) is 3.20. The first-order valence-electron chi connectivity index (χ1n) is 6.98. The Balaban J connectivity index is 2.22. The molecular formula is C15H24O3. The van der Waals surface area contributed by atoms with E-state index in [0.717, 1.165) is 25.9 Å². The Morgan fingerprint density at radius 3 is 2.61 bits per heavy atom. The Hall–Kier alpha value is -0.830. The predicted molar refractivity (Wildman–Crippen MR) is 70.2 cm³/mol. The summed E-state index contributed by atoms with van der Waals surface area (Å²) in [6, 6.07) is 0. The maximum absolute atomic E-state index is 11.9. The van der Waals surface area contributed by atoms with Gasteiger partial charge in [0.1, 0.15) is 5.60 Å². The van der Waals surface area contributed by atoms with Crippen LogP contribution in [0, 0.1) is 11.8 Å². The second-order valence-corrected chi connectivity index (χ2v) is 6.00. The fourth-order valence-corrected chi connectivity index (χ4v) is 3.20. The van der Waals surface area contributed by atoms with Crippen molar-refractivity contribution in [1.82, 2.24) is 0 Å². The summed E-state index contributed by atoms with van der Waals surface area (Å²) in [4.78, 5) is 11.9. The summed E-state index contributed by atoms with van der Waals surface area (Å²) in [6.45, 7) is 10.5. The van der Waals surface area contributed by atoms with Crippen LogP contribution in [0.5, 0.6) is 0 Å². The summed E-state index contributed by atoms with van der Waals surface area (Å²) in [5, 5.41) is 0. The maximum atomic E-state index is 11.9. The van der Waals surface area contributed by atoms with E-state index in [1.807, 2.05) is 0 Å². The van der Waals surface area contributed by atoms with Crippen molar-refractivity contribution < 1.29 is 14.3 Å². The molecular weight excluding hydrogens is 228 g/mol. The van der Waals surface area contributed by atoms with Crippen molar-refractivity contribution in [2.45, 2.75) is 58.2 Å². The molecule has 1 saturated heterocycles. The second-order valence-electron chi connectivity index (χ2n) is 6.00. The summed E-state index contributed by atoms with van der Waals surface area (Å²) in [6.07, 6.45) is 4.69. The first kappa shape index (κ1) is 13.6. The zero-order chi connectivity index (χ0) is 13.3. The third-order valence-corrected chi connectivity index (χ3v) is 4.38. The van der Waals surface area contributed by atoms with Gasteiger partial charge in [-0.25, -0.2) is 4.79 Å². The third kappa shape index (κ3) is 2.46. The van der Waals surface area contributed by atoms with Crippen LogP contribution in [0.25, 0.3) is 0 Å². The predicted octanol–water partition coefficient (Wildman–Crippen LogP) is 3.09. The largest absolute Gasteiger partial charge is 0.455 e. The Labute approximate surface area is 110 Å². The Morgan fingerprint density at radius 1 is 1.44 bits per heavy atom. The highest BCUT2D eigenvalue weighted by molar-refractivity contribution is 5.87. The van der Waals surface area contributed by atoms with Crippen molar-refractivity contribution in [3.8, 4) is 0 Å². The molecule has 18 heavy (non-hydrogen) atoms. The van der Waals surface area contributed by atoms with Crippen molar-refractivity contribution >= 4 is 5.97 Å². The lowest BCUT2D eigenvalue weighted by Gasteiger charge is -2.46. The maximum Gasteiger partial charge on any atom is 0.333 e. The molecule has 102 valence electrons. The van der Waals surface area contributed by atoms with Crippen molar-refractivity contribution in [2.24, 2.45) is 11.8 Å². The fraction of sp³-hybridized carbons (Fsp3) is 0.800. The van der Waals surface area contributed by atoms with Crippen LogP contribution in [-0.4, -0.2) is 24.3 Å².